The average Bonchev–Trinajstić information content (AvgIpc) is 3.23. The summed E-state index contributed by atoms with van der Waals surface area (Å²) in [6.45, 7) is 8.70. The molecule has 0 atom stereocenters. The molecule has 1 aliphatic heterocycles. The van der Waals surface area contributed by atoms with Crippen molar-refractivity contribution in [2.24, 2.45) is 18.2 Å². The molecule has 3 heterocycles. The standard InChI is InChI=1S/C26H21ClF3N7O/c1-32-22-19(37-11-25(12-37)9-26(29,30)10-25)6-17(27)21(28)20(22)23-16(8-33-36(23)2)13-3-4-14-15(5-13)18(7-31)34-35-24(14)38/h3-6,8H,7,9-12,31H2,2H3,(H,35,38). The van der Waals surface area contributed by atoms with E-state index in [0.717, 1.165) is 0 Å². The molecule has 12 heteroatoms. The highest BCUT2D eigenvalue weighted by Crippen LogP contribution is 2.59. The van der Waals surface area contributed by atoms with Gasteiger partial charge < -0.3 is 10.6 Å². The largest absolute Gasteiger partial charge is 0.379 e. The fourth-order valence-electron chi connectivity index (χ4n) is 5.86. The summed E-state index contributed by atoms with van der Waals surface area (Å²) in [4.78, 5) is 17.7. The van der Waals surface area contributed by atoms with Crippen molar-refractivity contribution in [1.82, 2.24) is 20.0 Å². The normalized spacial score (nSPS) is 17.3. The smallest absolute Gasteiger partial charge is 0.272 e. The molecule has 2 aliphatic rings. The number of nitrogens with two attached hydrogens (primary N) is 1. The van der Waals surface area contributed by atoms with Gasteiger partial charge in [0.1, 0.15) is 5.82 Å². The lowest BCUT2D eigenvalue weighted by atomic mass is 9.61. The van der Waals surface area contributed by atoms with E-state index in [9.17, 15) is 13.6 Å². The van der Waals surface area contributed by atoms with E-state index in [4.69, 9.17) is 23.9 Å². The minimum absolute atomic E-state index is 0.0271. The fourth-order valence-corrected chi connectivity index (χ4v) is 6.06. The van der Waals surface area contributed by atoms with E-state index in [1.165, 1.54) is 10.7 Å². The molecule has 6 rings (SSSR count). The minimum Gasteiger partial charge on any atom is -0.379 e. The molecule has 1 aliphatic carbocycles. The molecule has 1 saturated carbocycles. The van der Waals surface area contributed by atoms with Crippen LogP contribution in [0.3, 0.4) is 0 Å². The Kier molecular flexibility index (Phi) is 5.35. The maximum absolute atomic E-state index is 15.7. The van der Waals surface area contributed by atoms with Gasteiger partial charge in [0, 0.05) is 67.1 Å². The molecule has 2 aromatic heterocycles. The molecule has 0 bridgehead atoms. The summed E-state index contributed by atoms with van der Waals surface area (Å²) >= 11 is 6.33. The SMILES string of the molecule is [C-]#[N+]c1c(N2CC3(C2)CC(F)(F)C3)cc(Cl)c(F)c1-c1c(-c2ccc3c(=O)[nH]nc(CN)c3c2)cnn1C. The van der Waals surface area contributed by atoms with Crippen molar-refractivity contribution in [1.29, 1.82) is 0 Å². The third kappa shape index (κ3) is 3.59. The highest BCUT2D eigenvalue weighted by atomic mass is 35.5. The lowest BCUT2D eigenvalue weighted by Crippen LogP contribution is -2.66. The zero-order chi connectivity index (χ0) is 27.0. The third-order valence-electron chi connectivity index (χ3n) is 7.49. The van der Waals surface area contributed by atoms with Gasteiger partial charge in [0.2, 0.25) is 11.6 Å². The van der Waals surface area contributed by atoms with Gasteiger partial charge in [-0.25, -0.2) is 23.1 Å². The molecule has 0 amide bonds. The van der Waals surface area contributed by atoms with E-state index in [-0.39, 0.29) is 41.2 Å². The van der Waals surface area contributed by atoms with Crippen molar-refractivity contribution >= 4 is 33.7 Å². The van der Waals surface area contributed by atoms with Crippen LogP contribution in [0.1, 0.15) is 18.5 Å². The summed E-state index contributed by atoms with van der Waals surface area (Å²) in [7, 11) is 1.63. The molecule has 2 fully saturated rings. The van der Waals surface area contributed by atoms with E-state index in [1.807, 2.05) is 0 Å². The van der Waals surface area contributed by atoms with Crippen LogP contribution in [0, 0.1) is 17.8 Å². The summed E-state index contributed by atoms with van der Waals surface area (Å²) < 4.78 is 44.2. The average molecular weight is 540 g/mol. The van der Waals surface area contributed by atoms with E-state index < -0.39 is 17.2 Å². The zero-order valence-corrected chi connectivity index (χ0v) is 20.9. The molecule has 3 N–H and O–H groups in total. The van der Waals surface area contributed by atoms with E-state index in [0.29, 0.717) is 52.1 Å². The van der Waals surface area contributed by atoms with Crippen LogP contribution in [0.25, 0.3) is 38.0 Å². The van der Waals surface area contributed by atoms with E-state index >= 15 is 4.39 Å². The van der Waals surface area contributed by atoms with Crippen molar-refractivity contribution in [2.75, 3.05) is 18.0 Å². The second-order valence-electron chi connectivity index (χ2n) is 10.1. The van der Waals surface area contributed by atoms with E-state index in [1.54, 1.807) is 36.3 Å². The first-order chi connectivity index (χ1) is 18.1. The number of hydrogen-bond donors (Lipinski definition) is 2. The molecule has 2 aromatic carbocycles. The number of nitrogens with one attached hydrogen (secondary N) is 1. The number of hydrogen-bond acceptors (Lipinski definition) is 5. The Morgan fingerprint density at radius 2 is 1.97 bits per heavy atom. The maximum Gasteiger partial charge on any atom is 0.272 e. The first kappa shape index (κ1) is 24.5. The molecular formula is C26H21ClF3N7O. The second-order valence-corrected chi connectivity index (χ2v) is 10.5. The number of nitrogens with zero attached hydrogens (tertiary/aromatic N) is 5. The van der Waals surface area contributed by atoms with E-state index in [2.05, 4.69) is 20.1 Å². The molecular weight excluding hydrogens is 519 g/mol. The predicted octanol–water partition coefficient (Wildman–Crippen LogP) is 5.03. The number of aromatic nitrogens is 4. The number of benzene rings is 2. The van der Waals surface area contributed by atoms with Crippen LogP contribution < -0.4 is 16.2 Å². The first-order valence-corrected chi connectivity index (χ1v) is 12.2. The van der Waals surface area contributed by atoms with Crippen LogP contribution >= 0.6 is 11.6 Å². The maximum atomic E-state index is 15.7. The van der Waals surface area contributed by atoms with Gasteiger partial charge in [0.25, 0.3) is 5.56 Å². The highest BCUT2D eigenvalue weighted by molar-refractivity contribution is 6.31. The quantitative estimate of drug-likeness (QED) is 0.355. The number of aromatic amines is 1. The van der Waals surface area contributed by atoms with Gasteiger partial charge >= 0.3 is 0 Å². The summed E-state index contributed by atoms with van der Waals surface area (Å²) in [5.74, 6) is -3.44. The van der Waals surface area contributed by atoms with Crippen molar-refractivity contribution in [3.05, 3.63) is 68.8 Å². The molecule has 8 nitrogen and oxygen atoms in total. The van der Waals surface area contributed by atoms with Crippen LogP contribution in [-0.4, -0.2) is 39.0 Å². The summed E-state index contributed by atoms with van der Waals surface area (Å²) in [6, 6.07) is 6.45. The summed E-state index contributed by atoms with van der Waals surface area (Å²) in [5, 5.41) is 11.5. The number of alkyl halides is 2. The third-order valence-corrected chi connectivity index (χ3v) is 7.77. The fraction of sp³-hybridized carbons (Fsp3) is 0.308. The van der Waals surface area contributed by atoms with Crippen LogP contribution in [0.5, 0.6) is 0 Å². The van der Waals surface area contributed by atoms with Crippen molar-refractivity contribution in [3.63, 3.8) is 0 Å². The zero-order valence-electron chi connectivity index (χ0n) is 20.2. The van der Waals surface area contributed by atoms with Gasteiger partial charge in [-0.15, -0.1) is 0 Å². The Bertz CT molecular complexity index is 1720. The number of H-pyrrole nitrogens is 1. The Labute approximate surface area is 219 Å². The van der Waals surface area contributed by atoms with Gasteiger partial charge in [-0.2, -0.15) is 10.2 Å². The van der Waals surface area contributed by atoms with Crippen molar-refractivity contribution in [2.45, 2.75) is 25.3 Å². The molecule has 0 unspecified atom stereocenters. The van der Waals surface area contributed by atoms with Crippen molar-refractivity contribution in [3.8, 4) is 22.4 Å². The van der Waals surface area contributed by atoms with Gasteiger partial charge in [0.15, 0.2) is 0 Å². The first-order valence-electron chi connectivity index (χ1n) is 11.8. The number of halogens is 4. The number of aryl methyl sites for hydroxylation is 1. The molecule has 1 saturated heterocycles. The predicted molar refractivity (Wildman–Crippen MR) is 138 cm³/mol. The number of fused-ring (bicyclic) bond motifs is 1. The van der Waals surface area contributed by atoms with Crippen LogP contribution in [0.4, 0.5) is 24.5 Å². The molecule has 1 spiro atoms. The topological polar surface area (TPSA) is 97.2 Å². The summed E-state index contributed by atoms with van der Waals surface area (Å²) in [6.07, 6.45) is 1.16. The van der Waals surface area contributed by atoms with Crippen molar-refractivity contribution < 1.29 is 13.2 Å². The Morgan fingerprint density at radius 3 is 2.63 bits per heavy atom. The number of anilines is 1. The highest BCUT2D eigenvalue weighted by Gasteiger charge is 2.61. The van der Waals surface area contributed by atoms with Gasteiger partial charge in [0.05, 0.1) is 34.6 Å². The Morgan fingerprint density at radius 1 is 1.24 bits per heavy atom. The molecule has 0 radical (unpaired) electrons. The van der Waals surface area contributed by atoms with Crippen LogP contribution in [0.2, 0.25) is 5.02 Å². The van der Waals surface area contributed by atoms with Gasteiger partial charge in [-0.3, -0.25) is 9.48 Å². The monoisotopic (exact) mass is 539 g/mol. The molecule has 4 aromatic rings. The van der Waals surface area contributed by atoms with Crippen LogP contribution in [-0.2, 0) is 13.6 Å². The lowest BCUT2D eigenvalue weighted by Gasteiger charge is -2.59. The van der Waals surface area contributed by atoms with Gasteiger partial charge in [-0.05, 0) is 23.8 Å². The molecule has 194 valence electrons. The number of rotatable bonds is 4. The van der Waals surface area contributed by atoms with Gasteiger partial charge in [-0.1, -0.05) is 17.7 Å². The summed E-state index contributed by atoms with van der Waals surface area (Å²) in [5.41, 5.74) is 7.28. The molecule has 38 heavy (non-hydrogen) atoms. The Hall–Kier alpha value is -3.88. The minimum atomic E-state index is -2.66. The Balaban J connectivity index is 1.49. The van der Waals surface area contributed by atoms with Crippen LogP contribution in [0.15, 0.2) is 35.3 Å². The second kappa shape index (κ2) is 8.31. The lowest BCUT2D eigenvalue weighted by molar-refractivity contribution is -0.170.